The first kappa shape index (κ1) is 12.4. The van der Waals surface area contributed by atoms with E-state index in [0.717, 1.165) is 17.5 Å². The maximum atomic E-state index is 10.6. The Morgan fingerprint density at radius 1 is 1.24 bits per heavy atom. The Morgan fingerprint density at radius 2 is 1.82 bits per heavy atom. The number of hydrogen-bond donors (Lipinski definition) is 2. The van der Waals surface area contributed by atoms with Crippen molar-refractivity contribution in [3.63, 3.8) is 0 Å². The predicted molar refractivity (Wildman–Crippen MR) is 66.8 cm³/mol. The summed E-state index contributed by atoms with van der Waals surface area (Å²) in [4.78, 5) is 10.6. The largest absolute Gasteiger partial charge is 0.472 e. The van der Waals surface area contributed by atoms with Crippen molar-refractivity contribution < 1.29 is 15.0 Å². The normalized spacial score (nSPS) is 20.1. The van der Waals surface area contributed by atoms with Crippen LogP contribution in [0.1, 0.15) is 18.4 Å². The van der Waals surface area contributed by atoms with E-state index in [9.17, 15) is 9.90 Å². The van der Waals surface area contributed by atoms with Gasteiger partial charge in [0.05, 0.1) is 5.60 Å². The molecule has 0 bridgehead atoms. The molecule has 17 heavy (non-hydrogen) atoms. The van der Waals surface area contributed by atoms with Gasteiger partial charge in [0.15, 0.2) is 0 Å². The SMILES string of the molecule is O=C(O)SN1CCC(O)(c2ccccc2)CC1. The molecule has 1 aromatic rings. The fraction of sp³-hybridized carbons (Fsp3) is 0.417. The van der Waals surface area contributed by atoms with Gasteiger partial charge in [0, 0.05) is 25.0 Å². The first-order valence-corrected chi connectivity index (χ1v) is 6.31. The van der Waals surface area contributed by atoms with Gasteiger partial charge in [-0.1, -0.05) is 30.3 Å². The average Bonchev–Trinajstić information content (AvgIpc) is 2.33. The highest BCUT2D eigenvalue weighted by molar-refractivity contribution is 8.11. The number of rotatable bonds is 2. The summed E-state index contributed by atoms with van der Waals surface area (Å²) < 4.78 is 1.78. The first-order valence-electron chi connectivity index (χ1n) is 5.54. The molecule has 2 N–H and O–H groups in total. The minimum atomic E-state index is -0.893. The second-order valence-electron chi connectivity index (χ2n) is 4.18. The van der Waals surface area contributed by atoms with Gasteiger partial charge in [-0.3, -0.25) is 0 Å². The van der Waals surface area contributed by atoms with Crippen LogP contribution in [0.25, 0.3) is 0 Å². The molecule has 0 aromatic heterocycles. The summed E-state index contributed by atoms with van der Waals surface area (Å²) >= 11 is 0.810. The molecule has 1 heterocycles. The molecule has 0 saturated carbocycles. The lowest BCUT2D eigenvalue weighted by Crippen LogP contribution is -2.40. The molecule has 0 radical (unpaired) electrons. The number of benzene rings is 1. The third-order valence-corrected chi connectivity index (χ3v) is 3.85. The van der Waals surface area contributed by atoms with Crippen LogP contribution >= 0.6 is 11.9 Å². The van der Waals surface area contributed by atoms with Crippen molar-refractivity contribution in [2.24, 2.45) is 0 Å². The summed E-state index contributed by atoms with van der Waals surface area (Å²) in [6, 6.07) is 9.57. The summed E-state index contributed by atoms with van der Waals surface area (Å²) in [6.07, 6.45) is 1.13. The molecule has 5 heteroatoms. The van der Waals surface area contributed by atoms with E-state index in [2.05, 4.69) is 0 Å². The van der Waals surface area contributed by atoms with E-state index in [-0.39, 0.29) is 0 Å². The van der Waals surface area contributed by atoms with Crippen LogP contribution in [-0.4, -0.2) is 32.9 Å². The molecule has 0 spiro atoms. The van der Waals surface area contributed by atoms with Gasteiger partial charge >= 0.3 is 5.30 Å². The van der Waals surface area contributed by atoms with Crippen molar-refractivity contribution >= 4 is 17.2 Å². The lowest BCUT2D eigenvalue weighted by Gasteiger charge is -2.37. The zero-order valence-corrected chi connectivity index (χ0v) is 10.2. The van der Waals surface area contributed by atoms with Crippen LogP contribution in [0.5, 0.6) is 0 Å². The van der Waals surface area contributed by atoms with Gasteiger partial charge in [-0.05, 0) is 18.4 Å². The van der Waals surface area contributed by atoms with Gasteiger partial charge < -0.3 is 10.2 Å². The van der Waals surface area contributed by atoms with Crippen molar-refractivity contribution in [2.75, 3.05) is 13.1 Å². The fourth-order valence-corrected chi connectivity index (χ4v) is 2.68. The Hall–Kier alpha value is -1.04. The standard InChI is InChI=1S/C12H15NO3S/c14-11(15)17-13-8-6-12(16,7-9-13)10-4-2-1-3-5-10/h1-5,16H,6-9H2,(H,14,15). The van der Waals surface area contributed by atoms with E-state index in [1.54, 1.807) is 4.31 Å². The molecule has 1 saturated heterocycles. The fourth-order valence-electron chi connectivity index (χ4n) is 2.09. The molecule has 0 atom stereocenters. The van der Waals surface area contributed by atoms with Crippen LogP contribution in [0.15, 0.2) is 30.3 Å². The molecule has 2 rings (SSSR count). The molecule has 1 fully saturated rings. The zero-order chi connectivity index (χ0) is 12.3. The highest BCUT2D eigenvalue weighted by atomic mass is 32.2. The second-order valence-corrected chi connectivity index (χ2v) is 5.23. The predicted octanol–water partition coefficient (Wildman–Crippen LogP) is 2.30. The molecule has 0 aliphatic carbocycles. The molecule has 1 aliphatic rings. The Labute approximate surface area is 104 Å². The lowest BCUT2D eigenvalue weighted by atomic mass is 9.85. The Bertz CT molecular complexity index is 388. The maximum absolute atomic E-state index is 10.6. The molecule has 0 amide bonds. The second kappa shape index (κ2) is 5.08. The first-order chi connectivity index (χ1) is 8.10. The third kappa shape index (κ3) is 3.00. The van der Waals surface area contributed by atoms with E-state index in [4.69, 9.17) is 5.11 Å². The van der Waals surface area contributed by atoms with Crippen molar-refractivity contribution in [1.29, 1.82) is 0 Å². The summed E-state index contributed by atoms with van der Waals surface area (Å²) in [5, 5.41) is 18.3. The number of hydrogen-bond acceptors (Lipinski definition) is 4. The van der Waals surface area contributed by atoms with E-state index in [1.807, 2.05) is 30.3 Å². The minimum Gasteiger partial charge on any atom is -0.472 e. The molecule has 92 valence electrons. The van der Waals surface area contributed by atoms with E-state index >= 15 is 0 Å². The van der Waals surface area contributed by atoms with E-state index in [1.165, 1.54) is 0 Å². The average molecular weight is 253 g/mol. The van der Waals surface area contributed by atoms with Crippen LogP contribution < -0.4 is 0 Å². The van der Waals surface area contributed by atoms with Crippen molar-refractivity contribution in [3.8, 4) is 0 Å². The maximum Gasteiger partial charge on any atom is 0.380 e. The molecule has 1 aliphatic heterocycles. The van der Waals surface area contributed by atoms with Gasteiger partial charge in [0.1, 0.15) is 0 Å². The van der Waals surface area contributed by atoms with Crippen LogP contribution in [-0.2, 0) is 5.60 Å². The molecular weight excluding hydrogens is 238 g/mol. The lowest BCUT2D eigenvalue weighted by molar-refractivity contribution is -0.00802. The summed E-state index contributed by atoms with van der Waals surface area (Å²) in [7, 11) is 0. The summed E-state index contributed by atoms with van der Waals surface area (Å²) in [6.45, 7) is 1.17. The minimum absolute atomic E-state index is 0.567. The highest BCUT2D eigenvalue weighted by Gasteiger charge is 2.34. The van der Waals surface area contributed by atoms with Gasteiger partial charge in [-0.2, -0.15) is 0 Å². The number of nitrogens with zero attached hydrogens (tertiary/aromatic N) is 1. The Kier molecular flexibility index (Phi) is 3.71. The summed E-state index contributed by atoms with van der Waals surface area (Å²) in [5.74, 6) is 0. The molecule has 4 nitrogen and oxygen atoms in total. The number of carbonyl (C=O) groups is 1. The number of aliphatic hydroxyl groups is 1. The smallest absolute Gasteiger partial charge is 0.380 e. The zero-order valence-electron chi connectivity index (χ0n) is 9.37. The van der Waals surface area contributed by atoms with Crippen molar-refractivity contribution in [1.82, 2.24) is 4.31 Å². The molecular formula is C12H15NO3S. The van der Waals surface area contributed by atoms with Crippen molar-refractivity contribution in [2.45, 2.75) is 18.4 Å². The topological polar surface area (TPSA) is 60.8 Å². The van der Waals surface area contributed by atoms with Gasteiger partial charge in [-0.15, -0.1) is 0 Å². The van der Waals surface area contributed by atoms with E-state index in [0.29, 0.717) is 25.9 Å². The van der Waals surface area contributed by atoms with Crippen LogP contribution in [0.3, 0.4) is 0 Å². The van der Waals surface area contributed by atoms with Gasteiger partial charge in [-0.25, -0.2) is 9.10 Å². The van der Waals surface area contributed by atoms with Crippen LogP contribution in [0.2, 0.25) is 0 Å². The number of carboxylic acid groups (broad SMARTS) is 1. The number of piperidine rings is 1. The monoisotopic (exact) mass is 253 g/mol. The quantitative estimate of drug-likeness (QED) is 0.792. The van der Waals surface area contributed by atoms with Gasteiger partial charge in [0.25, 0.3) is 0 Å². The van der Waals surface area contributed by atoms with Gasteiger partial charge in [0.2, 0.25) is 0 Å². The Balaban J connectivity index is 2.00. The Morgan fingerprint density at radius 3 is 2.35 bits per heavy atom. The molecule has 0 unspecified atom stereocenters. The highest BCUT2D eigenvalue weighted by Crippen LogP contribution is 2.34. The van der Waals surface area contributed by atoms with E-state index < -0.39 is 10.9 Å². The third-order valence-electron chi connectivity index (χ3n) is 3.07. The van der Waals surface area contributed by atoms with Crippen LogP contribution in [0.4, 0.5) is 4.79 Å². The molecule has 1 aromatic carbocycles. The van der Waals surface area contributed by atoms with Crippen LogP contribution in [0, 0.1) is 0 Å². The van der Waals surface area contributed by atoms with Crippen molar-refractivity contribution in [3.05, 3.63) is 35.9 Å². The summed E-state index contributed by atoms with van der Waals surface area (Å²) in [5.41, 5.74) is 0.108.